The first-order valence-electron chi connectivity index (χ1n) is 7.71. The molecule has 0 aliphatic heterocycles. The van der Waals surface area contributed by atoms with Crippen LogP contribution in [-0.2, 0) is 5.54 Å². The third-order valence-electron chi connectivity index (χ3n) is 3.93. The van der Waals surface area contributed by atoms with E-state index < -0.39 is 4.92 Å². The SMILES string of the molecule is Cc1cc(C=C(C#N)c2cccc([N+](=O)[O-])c2)c(C)n1C(C)(C)C. The van der Waals surface area contributed by atoms with Crippen LogP contribution in [-0.4, -0.2) is 9.49 Å². The summed E-state index contributed by atoms with van der Waals surface area (Å²) in [6, 6.07) is 10.4. The molecule has 1 heterocycles. The van der Waals surface area contributed by atoms with Gasteiger partial charge in [-0.1, -0.05) is 12.1 Å². The number of allylic oxidation sites excluding steroid dienone is 1. The van der Waals surface area contributed by atoms with Gasteiger partial charge in [-0.25, -0.2) is 0 Å². The van der Waals surface area contributed by atoms with Crippen molar-refractivity contribution in [1.82, 2.24) is 4.57 Å². The molecule has 5 nitrogen and oxygen atoms in total. The van der Waals surface area contributed by atoms with Crippen LogP contribution in [0.25, 0.3) is 11.6 Å². The van der Waals surface area contributed by atoms with Crippen LogP contribution in [0.5, 0.6) is 0 Å². The summed E-state index contributed by atoms with van der Waals surface area (Å²) < 4.78 is 2.22. The maximum Gasteiger partial charge on any atom is 0.270 e. The molecule has 5 heteroatoms. The van der Waals surface area contributed by atoms with Crippen molar-refractivity contribution in [3.05, 3.63) is 63.0 Å². The Morgan fingerprint density at radius 1 is 1.29 bits per heavy atom. The number of aromatic nitrogens is 1. The number of benzene rings is 1. The Morgan fingerprint density at radius 2 is 1.96 bits per heavy atom. The number of hydrogen-bond donors (Lipinski definition) is 0. The fraction of sp³-hybridized carbons (Fsp3) is 0.316. The minimum Gasteiger partial charge on any atom is -0.343 e. The monoisotopic (exact) mass is 323 g/mol. The molecule has 0 spiro atoms. The molecule has 0 aliphatic rings. The van der Waals surface area contributed by atoms with Crippen LogP contribution in [0.1, 0.15) is 43.3 Å². The largest absolute Gasteiger partial charge is 0.343 e. The van der Waals surface area contributed by atoms with Gasteiger partial charge in [-0.2, -0.15) is 5.26 Å². The van der Waals surface area contributed by atoms with E-state index in [1.807, 2.05) is 19.9 Å². The molecule has 0 fully saturated rings. The maximum absolute atomic E-state index is 10.9. The zero-order valence-corrected chi connectivity index (χ0v) is 14.6. The number of rotatable bonds is 3. The van der Waals surface area contributed by atoms with Gasteiger partial charge in [0.1, 0.15) is 0 Å². The lowest BCUT2D eigenvalue weighted by molar-refractivity contribution is -0.384. The van der Waals surface area contributed by atoms with Gasteiger partial charge in [0.05, 0.1) is 16.6 Å². The van der Waals surface area contributed by atoms with Crippen molar-refractivity contribution in [2.24, 2.45) is 0 Å². The van der Waals surface area contributed by atoms with E-state index in [2.05, 4.69) is 31.4 Å². The summed E-state index contributed by atoms with van der Waals surface area (Å²) >= 11 is 0. The van der Waals surface area contributed by atoms with Crippen LogP contribution in [0.15, 0.2) is 30.3 Å². The van der Waals surface area contributed by atoms with Crippen molar-refractivity contribution in [3.63, 3.8) is 0 Å². The van der Waals surface area contributed by atoms with Crippen molar-refractivity contribution >= 4 is 17.3 Å². The van der Waals surface area contributed by atoms with E-state index in [-0.39, 0.29) is 11.2 Å². The van der Waals surface area contributed by atoms with Gasteiger partial charge in [-0.15, -0.1) is 0 Å². The highest BCUT2D eigenvalue weighted by molar-refractivity contribution is 5.90. The second-order valence-electron chi connectivity index (χ2n) is 6.81. The van der Waals surface area contributed by atoms with Crippen molar-refractivity contribution in [3.8, 4) is 6.07 Å². The van der Waals surface area contributed by atoms with Crippen LogP contribution in [0.4, 0.5) is 5.69 Å². The molecule has 0 amide bonds. The predicted octanol–water partition coefficient (Wildman–Crippen LogP) is 4.83. The highest BCUT2D eigenvalue weighted by Crippen LogP contribution is 2.28. The third-order valence-corrected chi connectivity index (χ3v) is 3.93. The van der Waals surface area contributed by atoms with Crippen molar-refractivity contribution < 1.29 is 4.92 Å². The Kier molecular flexibility index (Phi) is 4.61. The summed E-state index contributed by atoms with van der Waals surface area (Å²) in [5.41, 5.74) is 4.01. The summed E-state index contributed by atoms with van der Waals surface area (Å²) in [6.07, 6.45) is 1.80. The van der Waals surface area contributed by atoms with E-state index in [9.17, 15) is 15.4 Å². The van der Waals surface area contributed by atoms with Gasteiger partial charge in [0.25, 0.3) is 5.69 Å². The average Bonchev–Trinajstić information content (AvgIpc) is 2.78. The van der Waals surface area contributed by atoms with E-state index in [0.717, 1.165) is 17.0 Å². The molecule has 1 aromatic heterocycles. The molecule has 124 valence electrons. The van der Waals surface area contributed by atoms with Crippen molar-refractivity contribution in [2.45, 2.75) is 40.2 Å². The van der Waals surface area contributed by atoms with Gasteiger partial charge in [0.15, 0.2) is 0 Å². The number of aryl methyl sites for hydroxylation is 1. The van der Waals surface area contributed by atoms with E-state index in [4.69, 9.17) is 0 Å². The molecule has 2 aromatic rings. The Bertz CT molecular complexity index is 862. The predicted molar refractivity (Wildman–Crippen MR) is 95.5 cm³/mol. The summed E-state index contributed by atoms with van der Waals surface area (Å²) in [4.78, 5) is 10.5. The fourth-order valence-electron chi connectivity index (χ4n) is 3.09. The summed E-state index contributed by atoms with van der Waals surface area (Å²) in [5.74, 6) is 0. The number of nitro benzene ring substituents is 1. The number of nitro groups is 1. The number of nitriles is 1. The molecule has 0 atom stereocenters. The lowest BCUT2D eigenvalue weighted by atomic mass is 10.0. The average molecular weight is 323 g/mol. The Morgan fingerprint density at radius 3 is 2.46 bits per heavy atom. The molecule has 0 radical (unpaired) electrons. The number of non-ortho nitro benzene ring substituents is 1. The molecule has 0 aliphatic carbocycles. The van der Waals surface area contributed by atoms with Gasteiger partial charge in [0.2, 0.25) is 0 Å². The topological polar surface area (TPSA) is 71.9 Å². The lowest BCUT2D eigenvalue weighted by Crippen LogP contribution is -2.24. The minimum absolute atomic E-state index is 0.0196. The summed E-state index contributed by atoms with van der Waals surface area (Å²) in [5, 5.41) is 20.4. The maximum atomic E-state index is 10.9. The molecule has 0 saturated carbocycles. The standard InChI is InChI=1S/C19H21N3O2/c1-13-9-16(14(2)21(13)19(3,4)5)10-17(12-20)15-7-6-8-18(11-15)22(23)24/h6-11H,1-5H3. The quantitative estimate of drug-likeness (QED) is 0.461. The van der Waals surface area contributed by atoms with Crippen LogP contribution in [0.3, 0.4) is 0 Å². The molecular weight excluding hydrogens is 302 g/mol. The third kappa shape index (κ3) is 3.38. The van der Waals surface area contributed by atoms with Crippen LogP contribution >= 0.6 is 0 Å². The van der Waals surface area contributed by atoms with Gasteiger partial charge < -0.3 is 4.57 Å². The first kappa shape index (κ1) is 17.5. The molecule has 1 aromatic carbocycles. The smallest absolute Gasteiger partial charge is 0.270 e. The molecule has 0 unspecified atom stereocenters. The number of nitrogens with zero attached hydrogens (tertiary/aromatic N) is 3. The molecule has 0 saturated heterocycles. The van der Waals surface area contributed by atoms with Gasteiger partial charge in [-0.3, -0.25) is 10.1 Å². The van der Waals surface area contributed by atoms with Crippen LogP contribution in [0.2, 0.25) is 0 Å². The minimum atomic E-state index is -0.454. The first-order valence-corrected chi connectivity index (χ1v) is 7.71. The lowest BCUT2D eigenvalue weighted by Gasteiger charge is -2.25. The molecule has 2 rings (SSSR count). The van der Waals surface area contributed by atoms with Crippen LogP contribution < -0.4 is 0 Å². The Hall–Kier alpha value is -2.87. The van der Waals surface area contributed by atoms with E-state index in [1.165, 1.54) is 12.1 Å². The normalized spacial score (nSPS) is 12.1. The number of hydrogen-bond acceptors (Lipinski definition) is 3. The van der Waals surface area contributed by atoms with Gasteiger partial charge in [-0.05, 0) is 57.9 Å². The second kappa shape index (κ2) is 6.32. The zero-order valence-electron chi connectivity index (χ0n) is 14.6. The van der Waals surface area contributed by atoms with Gasteiger partial charge in [0, 0.05) is 29.1 Å². The molecule has 24 heavy (non-hydrogen) atoms. The fourth-order valence-corrected chi connectivity index (χ4v) is 3.09. The van der Waals surface area contributed by atoms with E-state index >= 15 is 0 Å². The second-order valence-corrected chi connectivity index (χ2v) is 6.81. The highest BCUT2D eigenvalue weighted by Gasteiger charge is 2.19. The van der Waals surface area contributed by atoms with E-state index in [1.54, 1.807) is 18.2 Å². The van der Waals surface area contributed by atoms with Gasteiger partial charge >= 0.3 is 0 Å². The zero-order chi connectivity index (χ0) is 18.1. The molecular formula is C19H21N3O2. The van der Waals surface area contributed by atoms with Crippen LogP contribution in [0, 0.1) is 35.3 Å². The summed E-state index contributed by atoms with van der Waals surface area (Å²) in [6.45, 7) is 10.5. The highest BCUT2D eigenvalue weighted by atomic mass is 16.6. The Labute approximate surface area is 142 Å². The van der Waals surface area contributed by atoms with Crippen molar-refractivity contribution in [2.75, 3.05) is 0 Å². The first-order chi connectivity index (χ1) is 11.1. The molecule has 0 bridgehead atoms. The molecule has 0 N–H and O–H groups in total. The van der Waals surface area contributed by atoms with Crippen molar-refractivity contribution in [1.29, 1.82) is 5.26 Å². The summed E-state index contributed by atoms with van der Waals surface area (Å²) in [7, 11) is 0. The van der Waals surface area contributed by atoms with E-state index in [0.29, 0.717) is 11.1 Å². The Balaban J connectivity index is 2.56.